The van der Waals surface area contributed by atoms with Gasteiger partial charge in [-0.15, -0.1) is 12.4 Å². The van der Waals surface area contributed by atoms with Crippen molar-refractivity contribution in [3.63, 3.8) is 0 Å². The van der Waals surface area contributed by atoms with E-state index in [-0.39, 0.29) is 24.2 Å². The SMILES string of the molecule is COc1cc(C)ccc1CNC(=O)[C@H]1CCN[C@@H](C)C1.Cl. The molecule has 1 saturated heterocycles. The summed E-state index contributed by atoms with van der Waals surface area (Å²) in [5.74, 6) is 1.12. The van der Waals surface area contributed by atoms with Crippen LogP contribution in [0, 0.1) is 12.8 Å². The number of carbonyl (C=O) groups is 1. The molecule has 1 amide bonds. The van der Waals surface area contributed by atoms with E-state index < -0.39 is 0 Å². The summed E-state index contributed by atoms with van der Waals surface area (Å²) >= 11 is 0. The number of benzene rings is 1. The number of carbonyl (C=O) groups excluding carboxylic acids is 1. The standard InChI is InChI=1S/C16H24N2O2.ClH/c1-11-4-5-14(15(8-11)20-3)10-18-16(19)13-6-7-17-12(2)9-13;/h4-5,8,12-13,17H,6-7,9-10H2,1-3H3,(H,18,19);1H/t12-,13-;/m0./s1. The number of rotatable bonds is 4. The van der Waals surface area contributed by atoms with Crippen LogP contribution in [0.5, 0.6) is 5.75 Å². The first-order chi connectivity index (χ1) is 9.60. The number of ether oxygens (including phenoxy) is 1. The van der Waals surface area contributed by atoms with E-state index in [0.29, 0.717) is 12.6 Å². The molecule has 5 heteroatoms. The third-order valence-corrected chi connectivity index (χ3v) is 3.89. The molecule has 1 aliphatic rings. The molecule has 0 unspecified atom stereocenters. The first-order valence-electron chi connectivity index (χ1n) is 7.24. The summed E-state index contributed by atoms with van der Waals surface area (Å²) < 4.78 is 5.36. The molecule has 1 fully saturated rings. The number of methoxy groups -OCH3 is 1. The zero-order valence-corrected chi connectivity index (χ0v) is 13.8. The molecule has 0 saturated carbocycles. The van der Waals surface area contributed by atoms with Gasteiger partial charge in [0.2, 0.25) is 5.91 Å². The van der Waals surface area contributed by atoms with E-state index in [4.69, 9.17) is 4.74 Å². The molecule has 1 heterocycles. The van der Waals surface area contributed by atoms with Gasteiger partial charge in [0.1, 0.15) is 5.75 Å². The van der Waals surface area contributed by atoms with E-state index in [1.165, 1.54) is 0 Å². The summed E-state index contributed by atoms with van der Waals surface area (Å²) in [5.41, 5.74) is 2.18. The van der Waals surface area contributed by atoms with Gasteiger partial charge in [0.15, 0.2) is 0 Å². The largest absolute Gasteiger partial charge is 0.496 e. The monoisotopic (exact) mass is 312 g/mol. The third kappa shape index (κ3) is 4.90. The maximum Gasteiger partial charge on any atom is 0.223 e. The molecule has 4 nitrogen and oxygen atoms in total. The zero-order valence-electron chi connectivity index (χ0n) is 12.9. The Balaban J connectivity index is 0.00000220. The lowest BCUT2D eigenvalue weighted by molar-refractivity contribution is -0.126. The fourth-order valence-corrected chi connectivity index (χ4v) is 2.69. The van der Waals surface area contributed by atoms with Crippen LogP contribution in [0.4, 0.5) is 0 Å². The van der Waals surface area contributed by atoms with Crippen molar-refractivity contribution in [3.05, 3.63) is 29.3 Å². The molecule has 21 heavy (non-hydrogen) atoms. The molecular formula is C16H25ClN2O2. The first-order valence-corrected chi connectivity index (χ1v) is 7.24. The van der Waals surface area contributed by atoms with Crippen LogP contribution in [0.2, 0.25) is 0 Å². The van der Waals surface area contributed by atoms with Crippen molar-refractivity contribution in [1.82, 2.24) is 10.6 Å². The number of hydrogen-bond acceptors (Lipinski definition) is 3. The van der Waals surface area contributed by atoms with Crippen LogP contribution < -0.4 is 15.4 Å². The fraction of sp³-hybridized carbons (Fsp3) is 0.562. The molecule has 1 aromatic rings. The normalized spacial score (nSPS) is 21.3. The number of hydrogen-bond donors (Lipinski definition) is 2. The molecule has 118 valence electrons. The maximum absolute atomic E-state index is 12.2. The van der Waals surface area contributed by atoms with Gasteiger partial charge in [-0.25, -0.2) is 0 Å². The second-order valence-electron chi connectivity index (χ2n) is 5.61. The van der Waals surface area contributed by atoms with Crippen molar-refractivity contribution in [2.45, 2.75) is 39.3 Å². The van der Waals surface area contributed by atoms with E-state index >= 15 is 0 Å². The molecule has 0 aromatic heterocycles. The highest BCUT2D eigenvalue weighted by molar-refractivity contribution is 5.85. The minimum absolute atomic E-state index is 0. The number of nitrogens with one attached hydrogen (secondary N) is 2. The van der Waals surface area contributed by atoms with Crippen LogP contribution in [0.25, 0.3) is 0 Å². The smallest absolute Gasteiger partial charge is 0.223 e. The van der Waals surface area contributed by atoms with Gasteiger partial charge in [-0.2, -0.15) is 0 Å². The molecular weight excluding hydrogens is 288 g/mol. The Labute approximate surface area is 133 Å². The van der Waals surface area contributed by atoms with Crippen molar-refractivity contribution in [1.29, 1.82) is 0 Å². The maximum atomic E-state index is 12.2. The summed E-state index contributed by atoms with van der Waals surface area (Å²) in [6.45, 7) is 5.61. The van der Waals surface area contributed by atoms with E-state index in [1.54, 1.807) is 7.11 Å². The van der Waals surface area contributed by atoms with Crippen LogP contribution in [-0.2, 0) is 11.3 Å². The lowest BCUT2D eigenvalue weighted by atomic mass is 9.92. The van der Waals surface area contributed by atoms with Gasteiger partial charge in [0.25, 0.3) is 0 Å². The molecule has 0 aliphatic carbocycles. The Morgan fingerprint density at radius 1 is 1.48 bits per heavy atom. The average molecular weight is 313 g/mol. The lowest BCUT2D eigenvalue weighted by Crippen LogP contribution is -2.42. The van der Waals surface area contributed by atoms with Crippen LogP contribution in [0.1, 0.15) is 30.9 Å². The summed E-state index contributed by atoms with van der Waals surface area (Å²) in [4.78, 5) is 12.2. The van der Waals surface area contributed by atoms with Gasteiger partial charge in [0, 0.05) is 24.1 Å². The molecule has 0 radical (unpaired) electrons. The van der Waals surface area contributed by atoms with Gasteiger partial charge in [-0.3, -0.25) is 4.79 Å². The van der Waals surface area contributed by atoms with E-state index in [0.717, 1.165) is 36.3 Å². The van der Waals surface area contributed by atoms with Crippen molar-refractivity contribution in [2.24, 2.45) is 5.92 Å². The van der Waals surface area contributed by atoms with Crippen molar-refractivity contribution in [2.75, 3.05) is 13.7 Å². The van der Waals surface area contributed by atoms with Crippen molar-refractivity contribution in [3.8, 4) is 5.75 Å². The highest BCUT2D eigenvalue weighted by Gasteiger charge is 2.24. The molecule has 2 rings (SSSR count). The lowest BCUT2D eigenvalue weighted by Gasteiger charge is -2.27. The summed E-state index contributed by atoms with van der Waals surface area (Å²) in [6.07, 6.45) is 1.83. The fourth-order valence-electron chi connectivity index (χ4n) is 2.69. The van der Waals surface area contributed by atoms with E-state index in [9.17, 15) is 4.79 Å². The Kier molecular flexibility index (Phi) is 6.99. The van der Waals surface area contributed by atoms with E-state index in [1.807, 2.05) is 25.1 Å². The predicted molar refractivity (Wildman–Crippen MR) is 87.0 cm³/mol. The van der Waals surface area contributed by atoms with Crippen LogP contribution >= 0.6 is 12.4 Å². The number of piperidine rings is 1. The predicted octanol–water partition coefficient (Wildman–Crippen LogP) is 2.43. The van der Waals surface area contributed by atoms with Crippen LogP contribution in [-0.4, -0.2) is 25.6 Å². The summed E-state index contributed by atoms with van der Waals surface area (Å²) in [7, 11) is 1.66. The molecule has 2 atom stereocenters. The Morgan fingerprint density at radius 3 is 2.90 bits per heavy atom. The second-order valence-corrected chi connectivity index (χ2v) is 5.61. The Morgan fingerprint density at radius 2 is 2.24 bits per heavy atom. The second kappa shape index (κ2) is 8.25. The topological polar surface area (TPSA) is 50.4 Å². The zero-order chi connectivity index (χ0) is 14.5. The average Bonchev–Trinajstić information content (AvgIpc) is 2.45. The van der Waals surface area contributed by atoms with Crippen LogP contribution in [0.15, 0.2) is 18.2 Å². The summed E-state index contributed by atoms with van der Waals surface area (Å²) in [5, 5.41) is 6.40. The first kappa shape index (κ1) is 17.8. The van der Waals surface area contributed by atoms with Gasteiger partial charge >= 0.3 is 0 Å². The molecule has 1 aromatic carbocycles. The third-order valence-electron chi connectivity index (χ3n) is 3.89. The van der Waals surface area contributed by atoms with Gasteiger partial charge < -0.3 is 15.4 Å². The van der Waals surface area contributed by atoms with Crippen LogP contribution in [0.3, 0.4) is 0 Å². The van der Waals surface area contributed by atoms with Crippen molar-refractivity contribution >= 4 is 18.3 Å². The minimum atomic E-state index is 0. The van der Waals surface area contributed by atoms with Gasteiger partial charge in [-0.05, 0) is 44.9 Å². The quantitative estimate of drug-likeness (QED) is 0.898. The Hall–Kier alpha value is -1.26. The molecule has 0 spiro atoms. The van der Waals surface area contributed by atoms with E-state index in [2.05, 4.69) is 17.6 Å². The molecule has 1 aliphatic heterocycles. The number of amides is 1. The van der Waals surface area contributed by atoms with Gasteiger partial charge in [0.05, 0.1) is 7.11 Å². The highest BCUT2D eigenvalue weighted by atomic mass is 35.5. The number of aryl methyl sites for hydroxylation is 1. The number of halogens is 1. The Bertz CT molecular complexity index is 479. The summed E-state index contributed by atoms with van der Waals surface area (Å²) in [6, 6.07) is 6.47. The molecule has 0 bridgehead atoms. The van der Waals surface area contributed by atoms with Crippen molar-refractivity contribution < 1.29 is 9.53 Å². The minimum Gasteiger partial charge on any atom is -0.496 e. The highest BCUT2D eigenvalue weighted by Crippen LogP contribution is 2.20. The molecule has 2 N–H and O–H groups in total. The van der Waals surface area contributed by atoms with Gasteiger partial charge in [-0.1, -0.05) is 12.1 Å².